The Morgan fingerprint density at radius 3 is 2.48 bits per heavy atom. The van der Waals surface area contributed by atoms with Gasteiger partial charge in [-0.2, -0.15) is 0 Å². The quantitative estimate of drug-likeness (QED) is 0.115. The summed E-state index contributed by atoms with van der Waals surface area (Å²) in [6.07, 6.45) is 1.59. The molecule has 1 aliphatic heterocycles. The molecule has 0 saturated heterocycles. The zero-order valence-corrected chi connectivity index (χ0v) is 27.2. The Kier molecular flexibility index (Phi) is 9.08. The highest BCUT2D eigenvalue weighted by atomic mass is 32.1. The number of nitro groups is 1. The lowest BCUT2D eigenvalue weighted by Gasteiger charge is -2.23. The number of rotatable bonds is 10. The van der Waals surface area contributed by atoms with Crippen LogP contribution >= 0.6 is 11.3 Å². The number of allylic oxidation sites excluding steroid dienone is 1. The molecule has 0 unspecified atom stereocenters. The number of carbonyl (C=O) groups excluding carboxylic acids is 1. The van der Waals surface area contributed by atoms with Crippen molar-refractivity contribution in [2.45, 2.75) is 33.4 Å². The number of aromatic nitrogens is 1. The Labute approximate surface area is 278 Å². The summed E-state index contributed by atoms with van der Waals surface area (Å²) in [6, 6.07) is 21.7. The van der Waals surface area contributed by atoms with Crippen LogP contribution in [0.4, 0.5) is 5.69 Å². The molecule has 0 radical (unpaired) electrons. The van der Waals surface area contributed by atoms with Gasteiger partial charge in [0.15, 0.2) is 16.3 Å². The highest BCUT2D eigenvalue weighted by molar-refractivity contribution is 7.07. The van der Waals surface area contributed by atoms with E-state index >= 15 is 0 Å². The molecule has 1 N–H and O–H groups in total. The van der Waals surface area contributed by atoms with E-state index in [-0.39, 0.29) is 68.9 Å². The second kappa shape index (κ2) is 13.5. The Bertz CT molecular complexity index is 2270. The van der Waals surface area contributed by atoms with Gasteiger partial charge >= 0.3 is 5.97 Å². The number of hydrogen-bond acceptors (Lipinski definition) is 10. The number of benzene rings is 4. The number of nitro benzene ring substituents is 1. The molecule has 6 rings (SSSR count). The Hall–Kier alpha value is -5.75. The van der Waals surface area contributed by atoms with Gasteiger partial charge in [0, 0.05) is 11.3 Å². The molecule has 0 aliphatic carbocycles. The number of ether oxygens (including phenoxy) is 3. The molecule has 1 aliphatic rings. The Balaban J connectivity index is 1.55. The first-order valence-electron chi connectivity index (χ1n) is 15.2. The second-order valence-electron chi connectivity index (χ2n) is 10.8. The standard InChI is InChI=1S/C36H31N3O8S/c1-4-45-29-17-26(27(39(43)44)19-30(29)47-20-22-11-7-6-8-12-22)33-32(35(42)46-5-2)21(3)38-34(41)31(48-36(38)37-33)18-25-24-14-10-9-13-23(24)15-16-28(25)40/h6-19,33,40H,4-5,20H2,1-3H3/b31-18-/t33-/m0/s1. The molecule has 48 heavy (non-hydrogen) atoms. The molecule has 4 aromatic carbocycles. The van der Waals surface area contributed by atoms with Crippen LogP contribution in [-0.2, 0) is 16.1 Å². The molecule has 0 spiro atoms. The number of phenols is 1. The van der Waals surface area contributed by atoms with Gasteiger partial charge in [0.05, 0.1) is 39.9 Å². The summed E-state index contributed by atoms with van der Waals surface area (Å²) in [5.41, 5.74) is 0.786. The highest BCUT2D eigenvalue weighted by Gasteiger charge is 2.36. The Morgan fingerprint density at radius 1 is 1.02 bits per heavy atom. The van der Waals surface area contributed by atoms with Gasteiger partial charge in [-0.3, -0.25) is 19.5 Å². The molecule has 11 nitrogen and oxygen atoms in total. The maximum absolute atomic E-state index is 13.9. The highest BCUT2D eigenvalue weighted by Crippen LogP contribution is 2.43. The van der Waals surface area contributed by atoms with Crippen LogP contribution < -0.4 is 24.4 Å². The summed E-state index contributed by atoms with van der Waals surface area (Å²) in [5.74, 6) is -0.376. The summed E-state index contributed by atoms with van der Waals surface area (Å²) in [6.45, 7) is 5.42. The monoisotopic (exact) mass is 665 g/mol. The summed E-state index contributed by atoms with van der Waals surface area (Å²) in [5, 5.41) is 24.9. The number of hydrogen-bond donors (Lipinski definition) is 1. The summed E-state index contributed by atoms with van der Waals surface area (Å²) < 4.78 is 18.8. The largest absolute Gasteiger partial charge is 0.507 e. The van der Waals surface area contributed by atoms with Crippen molar-refractivity contribution in [2.75, 3.05) is 13.2 Å². The molecule has 0 fully saturated rings. The van der Waals surface area contributed by atoms with Crippen molar-refractivity contribution in [2.24, 2.45) is 4.99 Å². The number of phenolic OH excluding ortho intramolecular Hbond substituents is 1. The first-order valence-corrected chi connectivity index (χ1v) is 16.1. The van der Waals surface area contributed by atoms with Crippen molar-refractivity contribution in [3.05, 3.63) is 131 Å². The lowest BCUT2D eigenvalue weighted by molar-refractivity contribution is -0.385. The molecule has 1 aromatic heterocycles. The third kappa shape index (κ3) is 6.05. The molecular formula is C36H31N3O8S. The van der Waals surface area contributed by atoms with Crippen LogP contribution in [0.3, 0.4) is 0 Å². The smallest absolute Gasteiger partial charge is 0.338 e. The number of aromatic hydroxyl groups is 1. The van der Waals surface area contributed by atoms with Gasteiger partial charge in [-0.1, -0.05) is 72.0 Å². The average molecular weight is 666 g/mol. The maximum atomic E-state index is 13.9. The predicted octanol–water partition coefficient (Wildman–Crippen LogP) is 5.65. The molecule has 2 heterocycles. The third-order valence-corrected chi connectivity index (χ3v) is 8.87. The van der Waals surface area contributed by atoms with Gasteiger partial charge in [-0.05, 0) is 55.3 Å². The van der Waals surface area contributed by atoms with Crippen molar-refractivity contribution in [1.29, 1.82) is 0 Å². The molecule has 1 atom stereocenters. The second-order valence-corrected chi connectivity index (χ2v) is 11.8. The fourth-order valence-electron chi connectivity index (χ4n) is 5.67. The van der Waals surface area contributed by atoms with Gasteiger partial charge in [-0.25, -0.2) is 9.79 Å². The first kappa shape index (κ1) is 32.2. The fraction of sp³-hybridized carbons (Fsp3) is 0.194. The van der Waals surface area contributed by atoms with E-state index in [9.17, 15) is 24.8 Å². The van der Waals surface area contributed by atoms with Crippen LogP contribution in [0.15, 0.2) is 94.2 Å². The van der Waals surface area contributed by atoms with Gasteiger partial charge in [0.2, 0.25) is 0 Å². The number of fused-ring (bicyclic) bond motifs is 2. The molecule has 0 bridgehead atoms. The van der Waals surface area contributed by atoms with Crippen LogP contribution in [0.2, 0.25) is 0 Å². The van der Waals surface area contributed by atoms with E-state index in [1.807, 2.05) is 54.6 Å². The van der Waals surface area contributed by atoms with Gasteiger partial charge < -0.3 is 19.3 Å². The van der Waals surface area contributed by atoms with Crippen LogP contribution in [0.1, 0.15) is 43.5 Å². The number of nitrogens with zero attached hydrogens (tertiary/aromatic N) is 3. The van der Waals surface area contributed by atoms with Gasteiger partial charge in [0.1, 0.15) is 18.4 Å². The van der Waals surface area contributed by atoms with E-state index in [0.717, 1.165) is 27.7 Å². The van der Waals surface area contributed by atoms with Crippen molar-refractivity contribution in [3.63, 3.8) is 0 Å². The predicted molar refractivity (Wildman–Crippen MR) is 182 cm³/mol. The number of esters is 1. The minimum Gasteiger partial charge on any atom is -0.507 e. The van der Waals surface area contributed by atoms with E-state index in [1.54, 1.807) is 39.0 Å². The lowest BCUT2D eigenvalue weighted by Crippen LogP contribution is -2.35. The minimum atomic E-state index is -1.20. The van der Waals surface area contributed by atoms with E-state index in [2.05, 4.69) is 0 Å². The van der Waals surface area contributed by atoms with E-state index in [4.69, 9.17) is 19.2 Å². The molecule has 244 valence electrons. The van der Waals surface area contributed by atoms with Crippen molar-refractivity contribution in [3.8, 4) is 17.2 Å². The SMILES string of the molecule is CCOC(=O)C1=C(C)n2c(s/c(=C\c3c(O)ccc4ccccc34)c2=O)=N[C@H]1c1cc(OCC)c(OCc2ccccc2)cc1[N+](=O)[O-]. The Morgan fingerprint density at radius 2 is 1.75 bits per heavy atom. The third-order valence-electron chi connectivity index (χ3n) is 7.88. The van der Waals surface area contributed by atoms with E-state index in [0.29, 0.717) is 5.56 Å². The maximum Gasteiger partial charge on any atom is 0.338 e. The van der Waals surface area contributed by atoms with Crippen LogP contribution in [-0.4, -0.2) is 33.8 Å². The zero-order valence-electron chi connectivity index (χ0n) is 26.3. The molecule has 0 saturated carbocycles. The summed E-state index contributed by atoms with van der Waals surface area (Å²) in [4.78, 5) is 44.3. The van der Waals surface area contributed by atoms with E-state index in [1.165, 1.54) is 16.7 Å². The zero-order chi connectivity index (χ0) is 33.9. The molecule has 5 aromatic rings. The van der Waals surface area contributed by atoms with Crippen molar-refractivity contribution >= 4 is 45.5 Å². The van der Waals surface area contributed by atoms with Gasteiger partial charge in [0.25, 0.3) is 11.2 Å². The summed E-state index contributed by atoms with van der Waals surface area (Å²) >= 11 is 1.05. The minimum absolute atomic E-state index is 0.00702. The molecular weight excluding hydrogens is 634 g/mol. The van der Waals surface area contributed by atoms with Gasteiger partial charge in [-0.15, -0.1) is 0 Å². The van der Waals surface area contributed by atoms with Crippen LogP contribution in [0, 0.1) is 10.1 Å². The van der Waals surface area contributed by atoms with Crippen LogP contribution in [0.25, 0.3) is 22.5 Å². The molecule has 0 amide bonds. The van der Waals surface area contributed by atoms with Crippen LogP contribution in [0.5, 0.6) is 17.2 Å². The number of carbonyl (C=O) groups is 1. The topological polar surface area (TPSA) is 142 Å². The van der Waals surface area contributed by atoms with Crippen molar-refractivity contribution in [1.82, 2.24) is 4.57 Å². The lowest BCUT2D eigenvalue weighted by atomic mass is 9.94. The van der Waals surface area contributed by atoms with Crippen molar-refractivity contribution < 1.29 is 29.0 Å². The normalized spacial score (nSPS) is 14.4. The summed E-state index contributed by atoms with van der Waals surface area (Å²) in [7, 11) is 0. The average Bonchev–Trinajstić information content (AvgIpc) is 3.40. The molecule has 12 heteroatoms. The van der Waals surface area contributed by atoms with E-state index < -0.39 is 22.5 Å². The fourth-order valence-corrected chi connectivity index (χ4v) is 6.69. The number of thiazole rings is 1. The first-order chi connectivity index (χ1) is 23.2.